The number of nitrogens with one attached hydrogen (secondary N) is 1. The van der Waals surface area contributed by atoms with Crippen LogP contribution in [-0.2, 0) is 16.1 Å². The van der Waals surface area contributed by atoms with Crippen molar-refractivity contribution < 1.29 is 9.59 Å². The molecular weight excluding hydrogens is 357 g/mol. The Morgan fingerprint density at radius 3 is 2.96 bits per heavy atom. The minimum atomic E-state index is -0.528. The minimum Gasteiger partial charge on any atom is -0.350 e. The maximum absolute atomic E-state index is 12.5. The molecule has 5 nitrogen and oxygen atoms in total. The first-order chi connectivity index (χ1) is 11.1. The molecule has 0 saturated carbocycles. The third kappa shape index (κ3) is 3.49. The van der Waals surface area contributed by atoms with Crippen LogP contribution in [0.15, 0.2) is 29.8 Å². The largest absolute Gasteiger partial charge is 0.350 e. The van der Waals surface area contributed by atoms with E-state index in [4.69, 9.17) is 23.2 Å². The molecule has 8 heteroatoms. The predicted molar refractivity (Wildman–Crippen MR) is 90.9 cm³/mol. The number of anilines is 1. The van der Waals surface area contributed by atoms with Crippen molar-refractivity contribution >= 4 is 51.5 Å². The van der Waals surface area contributed by atoms with E-state index in [1.54, 1.807) is 29.8 Å². The Morgan fingerprint density at radius 1 is 1.43 bits per heavy atom. The van der Waals surface area contributed by atoms with Crippen LogP contribution in [0.5, 0.6) is 0 Å². The Kier molecular flexibility index (Phi) is 4.84. The van der Waals surface area contributed by atoms with Gasteiger partial charge >= 0.3 is 0 Å². The van der Waals surface area contributed by atoms with Gasteiger partial charge in [-0.1, -0.05) is 29.3 Å². The molecule has 0 radical (unpaired) electrons. The number of aromatic nitrogens is 1. The topological polar surface area (TPSA) is 62.3 Å². The molecule has 1 aromatic carbocycles. The minimum absolute atomic E-state index is 0.0791. The molecule has 1 unspecified atom stereocenters. The van der Waals surface area contributed by atoms with Gasteiger partial charge in [-0.3, -0.25) is 14.5 Å². The summed E-state index contributed by atoms with van der Waals surface area (Å²) in [7, 11) is 0. The second kappa shape index (κ2) is 6.86. The first-order valence-electron chi connectivity index (χ1n) is 6.99. The maximum atomic E-state index is 12.5. The van der Waals surface area contributed by atoms with Gasteiger partial charge in [0, 0.05) is 34.6 Å². The molecule has 3 rings (SSSR count). The normalized spacial score (nSPS) is 17.6. The van der Waals surface area contributed by atoms with Gasteiger partial charge in [-0.15, -0.1) is 11.3 Å². The van der Waals surface area contributed by atoms with Crippen LogP contribution >= 0.6 is 34.5 Å². The predicted octanol–water partition coefficient (Wildman–Crippen LogP) is 3.26. The standard InChI is InChI=1S/C15H13Cl2N3O2S/c16-10-2-1-9(11(17)7-10)8-19-14(22)12-3-4-13(21)20(12)15-18-5-6-23-15/h1-2,5-7,12H,3-4,8H2,(H,19,22). The maximum Gasteiger partial charge on any atom is 0.243 e. The number of nitrogens with zero attached hydrogens (tertiary/aromatic N) is 2. The zero-order valence-corrected chi connectivity index (χ0v) is 14.3. The van der Waals surface area contributed by atoms with E-state index in [1.165, 1.54) is 16.2 Å². The van der Waals surface area contributed by atoms with E-state index in [9.17, 15) is 9.59 Å². The van der Waals surface area contributed by atoms with Gasteiger partial charge < -0.3 is 5.32 Å². The third-order valence-corrected chi connectivity index (χ3v) is 4.97. The molecule has 0 aliphatic carbocycles. The highest BCUT2D eigenvalue weighted by Gasteiger charge is 2.38. The van der Waals surface area contributed by atoms with E-state index in [0.717, 1.165) is 5.56 Å². The van der Waals surface area contributed by atoms with E-state index in [1.807, 2.05) is 0 Å². The molecule has 1 N–H and O–H groups in total. The Bertz CT molecular complexity index is 736. The number of halogens is 2. The number of benzene rings is 1. The van der Waals surface area contributed by atoms with Crippen LogP contribution in [0.25, 0.3) is 0 Å². The molecule has 2 amide bonds. The van der Waals surface area contributed by atoms with Crippen LogP contribution in [0.3, 0.4) is 0 Å². The molecule has 0 bridgehead atoms. The smallest absolute Gasteiger partial charge is 0.243 e. The average Bonchev–Trinajstić information content (AvgIpc) is 3.15. The van der Waals surface area contributed by atoms with Crippen molar-refractivity contribution in [2.24, 2.45) is 0 Å². The van der Waals surface area contributed by atoms with Crippen LogP contribution in [0.1, 0.15) is 18.4 Å². The van der Waals surface area contributed by atoms with Gasteiger partial charge in [-0.25, -0.2) is 4.98 Å². The van der Waals surface area contributed by atoms with Crippen LogP contribution < -0.4 is 10.2 Å². The van der Waals surface area contributed by atoms with E-state index in [-0.39, 0.29) is 18.4 Å². The highest BCUT2D eigenvalue weighted by Crippen LogP contribution is 2.28. The van der Waals surface area contributed by atoms with E-state index >= 15 is 0 Å². The van der Waals surface area contributed by atoms with Crippen LogP contribution in [0.4, 0.5) is 5.13 Å². The summed E-state index contributed by atoms with van der Waals surface area (Å²) in [6, 6.07) is 4.59. The van der Waals surface area contributed by atoms with Gasteiger partial charge in [-0.2, -0.15) is 0 Å². The lowest BCUT2D eigenvalue weighted by Crippen LogP contribution is -2.44. The molecule has 120 valence electrons. The SMILES string of the molecule is O=C(NCc1ccc(Cl)cc1Cl)C1CCC(=O)N1c1nccs1. The second-order valence-corrected chi connectivity index (χ2v) is 6.80. The molecule has 23 heavy (non-hydrogen) atoms. The Hall–Kier alpha value is -1.63. The summed E-state index contributed by atoms with van der Waals surface area (Å²) in [4.78, 5) is 30.1. The van der Waals surface area contributed by atoms with Crippen molar-refractivity contribution in [1.29, 1.82) is 0 Å². The van der Waals surface area contributed by atoms with Crippen molar-refractivity contribution in [3.05, 3.63) is 45.4 Å². The summed E-state index contributed by atoms with van der Waals surface area (Å²) in [6.07, 6.45) is 2.45. The molecule has 1 aliphatic heterocycles. The lowest BCUT2D eigenvalue weighted by atomic mass is 10.2. The zero-order chi connectivity index (χ0) is 16.4. The lowest BCUT2D eigenvalue weighted by Gasteiger charge is -2.21. The molecule has 2 aromatic rings. The van der Waals surface area contributed by atoms with E-state index < -0.39 is 6.04 Å². The molecule has 2 heterocycles. The average molecular weight is 370 g/mol. The summed E-state index contributed by atoms with van der Waals surface area (Å²) in [5.74, 6) is -0.290. The number of amides is 2. The highest BCUT2D eigenvalue weighted by atomic mass is 35.5. The fourth-order valence-corrected chi connectivity index (χ4v) is 3.66. The molecular formula is C15H13Cl2N3O2S. The van der Waals surface area contributed by atoms with Gasteiger partial charge in [0.1, 0.15) is 6.04 Å². The fraction of sp³-hybridized carbons (Fsp3) is 0.267. The van der Waals surface area contributed by atoms with Crippen molar-refractivity contribution in [3.8, 4) is 0 Å². The summed E-state index contributed by atoms with van der Waals surface area (Å²) in [5.41, 5.74) is 0.773. The van der Waals surface area contributed by atoms with Crippen LogP contribution in [-0.4, -0.2) is 22.8 Å². The van der Waals surface area contributed by atoms with Crippen LogP contribution in [0.2, 0.25) is 10.0 Å². The number of carbonyl (C=O) groups excluding carboxylic acids is 2. The molecule has 1 atom stereocenters. The van der Waals surface area contributed by atoms with Crippen molar-refractivity contribution in [3.63, 3.8) is 0 Å². The first-order valence-corrected chi connectivity index (χ1v) is 8.63. The number of hydrogen-bond acceptors (Lipinski definition) is 4. The number of hydrogen-bond donors (Lipinski definition) is 1. The monoisotopic (exact) mass is 369 g/mol. The fourth-order valence-electron chi connectivity index (χ4n) is 2.47. The van der Waals surface area contributed by atoms with Gasteiger partial charge in [-0.05, 0) is 24.1 Å². The third-order valence-electron chi connectivity index (χ3n) is 3.61. The molecule has 1 aromatic heterocycles. The first kappa shape index (κ1) is 16.2. The summed E-state index contributed by atoms with van der Waals surface area (Å²) < 4.78 is 0. The second-order valence-electron chi connectivity index (χ2n) is 5.09. The van der Waals surface area contributed by atoms with E-state index in [0.29, 0.717) is 28.0 Å². The summed E-state index contributed by atoms with van der Waals surface area (Å²) in [5, 5.41) is 6.20. The quantitative estimate of drug-likeness (QED) is 0.899. The van der Waals surface area contributed by atoms with Gasteiger partial charge in [0.15, 0.2) is 5.13 Å². The summed E-state index contributed by atoms with van der Waals surface area (Å²) in [6.45, 7) is 0.283. The molecule has 1 saturated heterocycles. The number of rotatable bonds is 4. The zero-order valence-electron chi connectivity index (χ0n) is 12.0. The highest BCUT2D eigenvalue weighted by molar-refractivity contribution is 7.13. The van der Waals surface area contributed by atoms with Gasteiger partial charge in [0.05, 0.1) is 0 Å². The molecule has 1 aliphatic rings. The Labute approximate surface area is 147 Å². The number of thiazole rings is 1. The van der Waals surface area contributed by atoms with Crippen molar-refractivity contribution in [1.82, 2.24) is 10.3 Å². The Morgan fingerprint density at radius 2 is 2.26 bits per heavy atom. The molecule has 1 fully saturated rings. The van der Waals surface area contributed by atoms with Crippen molar-refractivity contribution in [2.45, 2.75) is 25.4 Å². The van der Waals surface area contributed by atoms with Crippen LogP contribution in [0, 0.1) is 0 Å². The van der Waals surface area contributed by atoms with E-state index in [2.05, 4.69) is 10.3 Å². The summed E-state index contributed by atoms with van der Waals surface area (Å²) >= 11 is 13.3. The Balaban J connectivity index is 1.69. The van der Waals surface area contributed by atoms with Crippen molar-refractivity contribution in [2.75, 3.05) is 4.90 Å². The van der Waals surface area contributed by atoms with Gasteiger partial charge in [0.25, 0.3) is 0 Å². The van der Waals surface area contributed by atoms with Gasteiger partial charge in [0.2, 0.25) is 11.8 Å². The lowest BCUT2D eigenvalue weighted by molar-refractivity contribution is -0.124. The number of carbonyl (C=O) groups is 2. The molecule has 0 spiro atoms.